The van der Waals surface area contributed by atoms with Crippen LogP contribution in [0.2, 0.25) is 0 Å². The molecule has 0 saturated heterocycles. The third-order valence-corrected chi connectivity index (χ3v) is 8.45. The molecule has 0 heterocycles. The molecule has 1 fully saturated rings. The van der Waals surface area contributed by atoms with Gasteiger partial charge in [-0.2, -0.15) is 0 Å². The lowest BCUT2D eigenvalue weighted by molar-refractivity contribution is -0.165. The maximum absolute atomic E-state index is 13.8. The van der Waals surface area contributed by atoms with E-state index in [1.807, 2.05) is 39.8 Å². The predicted octanol–water partition coefficient (Wildman–Crippen LogP) is 3.82. The van der Waals surface area contributed by atoms with Crippen molar-refractivity contribution in [3.63, 3.8) is 0 Å². The third-order valence-electron chi connectivity index (χ3n) is 8.45. The van der Waals surface area contributed by atoms with Crippen LogP contribution in [0, 0.1) is 23.2 Å². The van der Waals surface area contributed by atoms with Crippen LogP contribution in [-0.4, -0.2) is 53.0 Å². The molecule has 0 bridgehead atoms. The molecule has 4 atom stereocenters. The molecule has 2 N–H and O–H groups in total. The molecule has 0 spiro atoms. The number of ketones is 4. The van der Waals surface area contributed by atoms with Gasteiger partial charge in [0.1, 0.15) is 5.75 Å². The number of anilines is 1. The first kappa shape index (κ1) is 26.3. The standard InChI is InChI=1S/C29H37NO6/c1-7-10-28(3,4)14-21(32)22-15(2)11-17-12-16-13-18-19(30(5)6)8-9-20(31)24(18)25(33)23(16)27(35)29(17,36)26(22)34/h8-9,16-17,23,31,36H,7,10-14H2,1-6H3. The number of allylic oxidation sites excluding steroid dienone is 1. The molecule has 0 aromatic heterocycles. The highest BCUT2D eigenvalue weighted by molar-refractivity contribution is 6.33. The molecule has 0 aliphatic heterocycles. The average Bonchev–Trinajstić information content (AvgIpc) is 2.75. The zero-order valence-corrected chi connectivity index (χ0v) is 22.1. The van der Waals surface area contributed by atoms with Crippen LogP contribution < -0.4 is 4.90 Å². The summed E-state index contributed by atoms with van der Waals surface area (Å²) in [6, 6.07) is 3.18. The monoisotopic (exact) mass is 495 g/mol. The number of hydrogen-bond acceptors (Lipinski definition) is 7. The van der Waals surface area contributed by atoms with Crippen LogP contribution in [0.15, 0.2) is 23.3 Å². The van der Waals surface area contributed by atoms with Crippen molar-refractivity contribution >= 4 is 28.8 Å². The summed E-state index contributed by atoms with van der Waals surface area (Å²) in [4.78, 5) is 56.3. The summed E-state index contributed by atoms with van der Waals surface area (Å²) in [6.07, 6.45) is 2.81. The molecule has 1 aromatic rings. The Kier molecular flexibility index (Phi) is 6.53. The topological polar surface area (TPSA) is 112 Å². The second kappa shape index (κ2) is 8.94. The number of fused-ring (bicyclic) bond motifs is 3. The van der Waals surface area contributed by atoms with Crippen LogP contribution in [0.1, 0.15) is 75.7 Å². The number of nitrogens with zero attached hydrogens (tertiary/aromatic N) is 1. The summed E-state index contributed by atoms with van der Waals surface area (Å²) in [5.41, 5.74) is -0.619. The molecule has 3 aliphatic carbocycles. The molecule has 3 aliphatic rings. The summed E-state index contributed by atoms with van der Waals surface area (Å²) in [5.74, 6) is -5.11. The van der Waals surface area contributed by atoms with E-state index in [4.69, 9.17) is 0 Å². The Morgan fingerprint density at radius 2 is 1.83 bits per heavy atom. The van der Waals surface area contributed by atoms with E-state index < -0.39 is 34.8 Å². The minimum absolute atomic E-state index is 0.0777. The number of benzene rings is 1. The molecule has 1 saturated carbocycles. The van der Waals surface area contributed by atoms with Crippen molar-refractivity contribution in [2.75, 3.05) is 19.0 Å². The number of phenols is 1. The first-order valence-corrected chi connectivity index (χ1v) is 12.8. The van der Waals surface area contributed by atoms with E-state index in [0.717, 1.165) is 18.5 Å². The highest BCUT2D eigenvalue weighted by Crippen LogP contribution is 2.52. The highest BCUT2D eigenvalue weighted by Gasteiger charge is 2.63. The summed E-state index contributed by atoms with van der Waals surface area (Å²) in [6.45, 7) is 7.71. The van der Waals surface area contributed by atoms with Crippen molar-refractivity contribution in [1.82, 2.24) is 0 Å². The van der Waals surface area contributed by atoms with Crippen LogP contribution >= 0.6 is 0 Å². The minimum atomic E-state index is -2.40. The Bertz CT molecular complexity index is 1190. The maximum Gasteiger partial charge on any atom is 0.205 e. The van der Waals surface area contributed by atoms with Gasteiger partial charge in [-0.25, -0.2) is 0 Å². The highest BCUT2D eigenvalue weighted by atomic mass is 16.3. The summed E-state index contributed by atoms with van der Waals surface area (Å²) >= 11 is 0. The minimum Gasteiger partial charge on any atom is -0.507 e. The Labute approximate surface area is 212 Å². The first-order valence-electron chi connectivity index (χ1n) is 12.8. The molecule has 7 nitrogen and oxygen atoms in total. The van der Waals surface area contributed by atoms with Gasteiger partial charge in [0, 0.05) is 32.1 Å². The van der Waals surface area contributed by atoms with Gasteiger partial charge in [-0.3, -0.25) is 19.2 Å². The Hall–Kier alpha value is -2.80. The first-order chi connectivity index (χ1) is 16.7. The molecule has 0 radical (unpaired) electrons. The van der Waals surface area contributed by atoms with E-state index in [1.165, 1.54) is 6.07 Å². The second-order valence-electron chi connectivity index (χ2n) is 11.9. The average molecular weight is 496 g/mol. The lowest BCUT2D eigenvalue weighted by Crippen LogP contribution is -2.64. The van der Waals surface area contributed by atoms with Crippen LogP contribution in [-0.2, 0) is 20.8 Å². The van der Waals surface area contributed by atoms with Gasteiger partial charge >= 0.3 is 0 Å². The fraction of sp³-hybridized carbons (Fsp3) is 0.586. The van der Waals surface area contributed by atoms with E-state index in [-0.39, 0.29) is 46.8 Å². The van der Waals surface area contributed by atoms with Crippen LogP contribution in [0.4, 0.5) is 5.69 Å². The maximum atomic E-state index is 13.8. The largest absolute Gasteiger partial charge is 0.507 e. The number of carbonyl (C=O) groups excluding carboxylic acids is 4. The zero-order chi connectivity index (χ0) is 26.7. The molecular formula is C29H37NO6. The van der Waals surface area contributed by atoms with Gasteiger partial charge in [-0.15, -0.1) is 0 Å². The number of carbonyl (C=O) groups is 4. The van der Waals surface area contributed by atoms with Gasteiger partial charge in [0.05, 0.1) is 17.1 Å². The molecule has 7 heteroatoms. The lowest BCUT2D eigenvalue weighted by atomic mass is 9.54. The smallest absolute Gasteiger partial charge is 0.205 e. The fourth-order valence-corrected chi connectivity index (χ4v) is 6.84. The number of rotatable bonds is 6. The van der Waals surface area contributed by atoms with Gasteiger partial charge < -0.3 is 15.1 Å². The zero-order valence-electron chi connectivity index (χ0n) is 22.1. The van der Waals surface area contributed by atoms with Crippen LogP contribution in [0.25, 0.3) is 0 Å². The summed E-state index contributed by atoms with van der Waals surface area (Å²) < 4.78 is 0. The van der Waals surface area contributed by atoms with Gasteiger partial charge in [-0.05, 0) is 61.6 Å². The van der Waals surface area contributed by atoms with Gasteiger partial charge in [0.15, 0.2) is 23.0 Å². The Morgan fingerprint density at radius 1 is 1.17 bits per heavy atom. The van der Waals surface area contributed by atoms with E-state index in [1.54, 1.807) is 13.0 Å². The molecule has 0 amide bonds. The summed E-state index contributed by atoms with van der Waals surface area (Å²) in [5, 5.41) is 22.2. The van der Waals surface area contributed by atoms with Crippen molar-refractivity contribution in [3.8, 4) is 5.75 Å². The molecular weight excluding hydrogens is 458 g/mol. The van der Waals surface area contributed by atoms with Crippen molar-refractivity contribution < 1.29 is 29.4 Å². The third kappa shape index (κ3) is 3.92. The number of aliphatic hydroxyl groups is 1. The molecule has 4 unspecified atom stereocenters. The number of phenolic OH excluding ortho intramolecular Hbond substituents is 1. The Balaban J connectivity index is 1.73. The molecule has 36 heavy (non-hydrogen) atoms. The number of hydrogen-bond donors (Lipinski definition) is 2. The lowest BCUT2D eigenvalue weighted by Gasteiger charge is -2.48. The SMILES string of the molecule is CCCC(C)(C)CC(=O)C1=C(C)CC2CC3Cc4c(N(C)C)ccc(O)c4C(=O)C3C(=O)C2(O)C1=O. The molecule has 194 valence electrons. The van der Waals surface area contributed by atoms with Crippen molar-refractivity contribution in [2.45, 2.75) is 71.8 Å². The van der Waals surface area contributed by atoms with E-state index >= 15 is 0 Å². The van der Waals surface area contributed by atoms with Crippen LogP contribution in [0.3, 0.4) is 0 Å². The van der Waals surface area contributed by atoms with Crippen molar-refractivity contribution in [1.29, 1.82) is 0 Å². The van der Waals surface area contributed by atoms with E-state index in [0.29, 0.717) is 24.0 Å². The van der Waals surface area contributed by atoms with Gasteiger partial charge in [0.2, 0.25) is 5.78 Å². The van der Waals surface area contributed by atoms with Crippen LogP contribution in [0.5, 0.6) is 5.75 Å². The Morgan fingerprint density at radius 3 is 2.44 bits per heavy atom. The molecule has 4 rings (SSSR count). The van der Waals surface area contributed by atoms with E-state index in [9.17, 15) is 29.4 Å². The fourth-order valence-electron chi connectivity index (χ4n) is 6.84. The van der Waals surface area contributed by atoms with E-state index in [2.05, 4.69) is 0 Å². The summed E-state index contributed by atoms with van der Waals surface area (Å²) in [7, 11) is 3.70. The van der Waals surface area contributed by atoms with Crippen molar-refractivity contribution in [3.05, 3.63) is 34.4 Å². The predicted molar refractivity (Wildman–Crippen MR) is 136 cm³/mol. The number of Topliss-reactive ketones (excluding diaryl/α,β-unsaturated/α-hetero) is 4. The second-order valence-corrected chi connectivity index (χ2v) is 11.9. The quantitative estimate of drug-likeness (QED) is 0.456. The van der Waals surface area contributed by atoms with Crippen molar-refractivity contribution in [2.24, 2.45) is 23.2 Å². The number of aromatic hydroxyl groups is 1. The normalized spacial score (nSPS) is 28.0. The molecule has 1 aromatic carbocycles. The van der Waals surface area contributed by atoms with Gasteiger partial charge in [0.25, 0.3) is 0 Å². The van der Waals surface area contributed by atoms with Gasteiger partial charge in [-0.1, -0.05) is 32.8 Å².